The molecular weight excluding hydrogens is 274 g/mol. The monoisotopic (exact) mass is 293 g/mol. The highest BCUT2D eigenvalue weighted by atomic mass is 32.2. The maximum atomic E-state index is 12.2. The third-order valence-electron chi connectivity index (χ3n) is 2.99. The first-order chi connectivity index (χ1) is 9.18. The first-order valence-corrected chi connectivity index (χ1v) is 7.79. The van der Waals surface area contributed by atoms with Gasteiger partial charge in [-0.1, -0.05) is 32.9 Å². The molecule has 0 saturated heterocycles. The second-order valence-electron chi connectivity index (χ2n) is 5.78. The van der Waals surface area contributed by atoms with E-state index in [2.05, 4.69) is 30.6 Å². The number of benzene rings is 1. The SMILES string of the molecule is Cn1cc(NS(=O)(=O)c2ccc(C(C)(C)C)cc2)cn1. The fourth-order valence-electron chi connectivity index (χ4n) is 1.82. The van der Waals surface area contributed by atoms with Crippen LogP contribution in [0.5, 0.6) is 0 Å². The van der Waals surface area contributed by atoms with Gasteiger partial charge in [-0.05, 0) is 23.1 Å². The molecule has 1 N–H and O–H groups in total. The Morgan fingerprint density at radius 3 is 2.20 bits per heavy atom. The molecule has 1 heterocycles. The van der Waals surface area contributed by atoms with E-state index in [4.69, 9.17) is 0 Å². The lowest BCUT2D eigenvalue weighted by Crippen LogP contribution is -2.14. The van der Waals surface area contributed by atoms with Crippen LogP contribution in [0.1, 0.15) is 26.3 Å². The predicted octanol–water partition coefficient (Wildman–Crippen LogP) is 2.52. The number of rotatable bonds is 3. The van der Waals surface area contributed by atoms with Gasteiger partial charge in [-0.15, -0.1) is 0 Å². The van der Waals surface area contributed by atoms with Crippen molar-refractivity contribution in [2.75, 3.05) is 4.72 Å². The third kappa shape index (κ3) is 3.19. The quantitative estimate of drug-likeness (QED) is 0.945. The molecule has 2 rings (SSSR count). The molecule has 0 spiro atoms. The second-order valence-corrected chi connectivity index (χ2v) is 7.46. The smallest absolute Gasteiger partial charge is 0.261 e. The van der Waals surface area contributed by atoms with Gasteiger partial charge in [0.15, 0.2) is 0 Å². The lowest BCUT2D eigenvalue weighted by molar-refractivity contribution is 0.587. The van der Waals surface area contributed by atoms with Gasteiger partial charge in [0.1, 0.15) is 0 Å². The summed E-state index contributed by atoms with van der Waals surface area (Å²) in [5, 5.41) is 3.93. The molecule has 0 aliphatic carbocycles. The Labute approximate surface area is 119 Å². The molecule has 0 amide bonds. The maximum absolute atomic E-state index is 12.2. The average molecular weight is 293 g/mol. The van der Waals surface area contributed by atoms with Crippen molar-refractivity contribution in [2.45, 2.75) is 31.1 Å². The number of anilines is 1. The van der Waals surface area contributed by atoms with Crippen LogP contribution in [0, 0.1) is 0 Å². The Morgan fingerprint density at radius 2 is 1.75 bits per heavy atom. The topological polar surface area (TPSA) is 64.0 Å². The van der Waals surface area contributed by atoms with E-state index in [1.807, 2.05) is 12.1 Å². The summed E-state index contributed by atoms with van der Waals surface area (Å²) in [4.78, 5) is 0.245. The van der Waals surface area contributed by atoms with E-state index in [1.54, 1.807) is 30.1 Å². The van der Waals surface area contributed by atoms with Gasteiger partial charge >= 0.3 is 0 Å². The molecular formula is C14H19N3O2S. The molecule has 0 bridgehead atoms. The van der Waals surface area contributed by atoms with Crippen molar-refractivity contribution in [2.24, 2.45) is 7.05 Å². The van der Waals surface area contributed by atoms with Crippen LogP contribution in [0.25, 0.3) is 0 Å². The number of nitrogens with zero attached hydrogens (tertiary/aromatic N) is 2. The van der Waals surface area contributed by atoms with Crippen LogP contribution in [-0.2, 0) is 22.5 Å². The molecule has 108 valence electrons. The minimum absolute atomic E-state index is 0.000922. The molecule has 0 aliphatic heterocycles. The standard InChI is InChI=1S/C14H19N3O2S/c1-14(2,3)11-5-7-13(8-6-11)20(18,19)16-12-9-15-17(4)10-12/h5-10,16H,1-4H3. The molecule has 0 unspecified atom stereocenters. The number of sulfonamides is 1. The van der Waals surface area contributed by atoms with E-state index in [1.165, 1.54) is 6.20 Å². The largest absolute Gasteiger partial charge is 0.276 e. The Balaban J connectivity index is 2.26. The summed E-state index contributed by atoms with van der Waals surface area (Å²) in [5.41, 5.74) is 1.55. The number of nitrogens with one attached hydrogen (secondary N) is 1. The van der Waals surface area contributed by atoms with Crippen LogP contribution in [-0.4, -0.2) is 18.2 Å². The molecule has 0 atom stereocenters. The number of hydrogen-bond acceptors (Lipinski definition) is 3. The molecule has 0 saturated carbocycles. The fraction of sp³-hybridized carbons (Fsp3) is 0.357. The normalized spacial score (nSPS) is 12.4. The van der Waals surface area contributed by atoms with Crippen LogP contribution >= 0.6 is 0 Å². The summed E-state index contributed by atoms with van der Waals surface area (Å²) >= 11 is 0. The summed E-state index contributed by atoms with van der Waals surface area (Å²) in [6.07, 6.45) is 3.09. The summed E-state index contributed by atoms with van der Waals surface area (Å²) in [7, 11) is -1.83. The molecule has 1 aromatic heterocycles. The summed E-state index contributed by atoms with van der Waals surface area (Å²) in [5.74, 6) is 0. The molecule has 0 fully saturated rings. The Hall–Kier alpha value is -1.82. The molecule has 2 aromatic rings. The minimum atomic E-state index is -3.57. The van der Waals surface area contributed by atoms with Crippen molar-refractivity contribution in [3.8, 4) is 0 Å². The van der Waals surface area contributed by atoms with Crippen molar-refractivity contribution in [1.82, 2.24) is 9.78 Å². The first-order valence-electron chi connectivity index (χ1n) is 6.30. The van der Waals surface area contributed by atoms with Crippen molar-refractivity contribution < 1.29 is 8.42 Å². The summed E-state index contributed by atoms with van der Waals surface area (Å²) < 4.78 is 28.5. The highest BCUT2D eigenvalue weighted by Crippen LogP contribution is 2.24. The Morgan fingerprint density at radius 1 is 1.15 bits per heavy atom. The number of aryl methyl sites for hydroxylation is 1. The Bertz CT molecular complexity index is 695. The molecule has 5 nitrogen and oxygen atoms in total. The van der Waals surface area contributed by atoms with E-state index in [0.717, 1.165) is 5.56 Å². The average Bonchev–Trinajstić information content (AvgIpc) is 2.73. The maximum Gasteiger partial charge on any atom is 0.261 e. The van der Waals surface area contributed by atoms with Crippen LogP contribution in [0.15, 0.2) is 41.6 Å². The lowest BCUT2D eigenvalue weighted by Gasteiger charge is -2.19. The molecule has 0 aliphatic rings. The minimum Gasteiger partial charge on any atom is -0.276 e. The van der Waals surface area contributed by atoms with Crippen LogP contribution in [0.2, 0.25) is 0 Å². The van der Waals surface area contributed by atoms with Crippen LogP contribution in [0.3, 0.4) is 0 Å². The summed E-state index contributed by atoms with van der Waals surface area (Å²) in [6.45, 7) is 6.26. The molecule has 0 radical (unpaired) electrons. The zero-order chi connectivity index (χ0) is 15.0. The van der Waals surface area contributed by atoms with Crippen molar-refractivity contribution in [3.05, 3.63) is 42.2 Å². The summed E-state index contributed by atoms with van der Waals surface area (Å²) in [6, 6.07) is 6.94. The zero-order valence-corrected chi connectivity index (χ0v) is 12.9. The van der Waals surface area contributed by atoms with Gasteiger partial charge in [0, 0.05) is 13.2 Å². The second kappa shape index (κ2) is 4.94. The lowest BCUT2D eigenvalue weighted by atomic mass is 9.87. The Kier molecular flexibility index (Phi) is 3.60. The number of hydrogen-bond donors (Lipinski definition) is 1. The van der Waals surface area contributed by atoms with Crippen molar-refractivity contribution in [3.63, 3.8) is 0 Å². The van der Waals surface area contributed by atoms with Gasteiger partial charge in [0.05, 0.1) is 16.8 Å². The van der Waals surface area contributed by atoms with Crippen LogP contribution < -0.4 is 4.72 Å². The predicted molar refractivity (Wildman–Crippen MR) is 79.2 cm³/mol. The molecule has 6 heteroatoms. The van der Waals surface area contributed by atoms with Gasteiger partial charge in [0.2, 0.25) is 0 Å². The highest BCUT2D eigenvalue weighted by molar-refractivity contribution is 7.92. The van der Waals surface area contributed by atoms with Gasteiger partial charge in [0.25, 0.3) is 10.0 Å². The first kappa shape index (κ1) is 14.6. The zero-order valence-electron chi connectivity index (χ0n) is 12.1. The highest BCUT2D eigenvalue weighted by Gasteiger charge is 2.18. The van der Waals surface area contributed by atoms with E-state index in [9.17, 15) is 8.42 Å². The third-order valence-corrected chi connectivity index (χ3v) is 4.38. The molecule has 1 aromatic carbocycles. The van der Waals surface area contributed by atoms with Gasteiger partial charge < -0.3 is 0 Å². The van der Waals surface area contributed by atoms with E-state index < -0.39 is 10.0 Å². The van der Waals surface area contributed by atoms with Gasteiger partial charge in [-0.3, -0.25) is 9.40 Å². The number of aromatic nitrogens is 2. The van der Waals surface area contributed by atoms with E-state index in [0.29, 0.717) is 5.69 Å². The van der Waals surface area contributed by atoms with Gasteiger partial charge in [-0.25, -0.2) is 8.42 Å². The fourth-order valence-corrected chi connectivity index (χ4v) is 2.85. The van der Waals surface area contributed by atoms with E-state index >= 15 is 0 Å². The van der Waals surface area contributed by atoms with Crippen molar-refractivity contribution in [1.29, 1.82) is 0 Å². The van der Waals surface area contributed by atoms with E-state index in [-0.39, 0.29) is 10.3 Å². The molecule has 20 heavy (non-hydrogen) atoms. The van der Waals surface area contributed by atoms with Crippen molar-refractivity contribution >= 4 is 15.7 Å². The van der Waals surface area contributed by atoms with Gasteiger partial charge in [-0.2, -0.15) is 5.10 Å². The van der Waals surface area contributed by atoms with Crippen LogP contribution in [0.4, 0.5) is 5.69 Å².